The van der Waals surface area contributed by atoms with Crippen molar-refractivity contribution in [2.45, 2.75) is 65.0 Å². The molecule has 0 bridgehead atoms. The Labute approximate surface area is 395 Å². The van der Waals surface area contributed by atoms with Crippen LogP contribution in [0.1, 0.15) is 92.3 Å². The Morgan fingerprint density at radius 3 is 2.30 bits per heavy atom. The summed E-state index contributed by atoms with van der Waals surface area (Å²) in [7, 11) is 0. The van der Waals surface area contributed by atoms with Gasteiger partial charge < -0.3 is 0 Å². The number of allylic oxidation sites excluding steroid dienone is 14. The maximum Gasteiger partial charge on any atom is 0.0342 e. The maximum atomic E-state index is 2.54. The quantitative estimate of drug-likeness (QED) is 0.0519. The molecule has 0 spiro atoms. The molecular weight excluding hydrogens is 837 g/mol. The van der Waals surface area contributed by atoms with Crippen molar-refractivity contribution in [2.24, 2.45) is 0 Å². The van der Waals surface area contributed by atoms with Crippen LogP contribution in [0.15, 0.2) is 197 Å². The van der Waals surface area contributed by atoms with Crippen LogP contribution in [0.4, 0.5) is 0 Å². The van der Waals surface area contributed by atoms with Gasteiger partial charge in [0.15, 0.2) is 0 Å². The van der Waals surface area contributed by atoms with Crippen molar-refractivity contribution in [3.05, 3.63) is 236 Å². The molecule has 4 heteroatoms. The van der Waals surface area contributed by atoms with E-state index in [0.717, 1.165) is 30.8 Å². The number of benzene rings is 4. The first-order valence-electron chi connectivity index (χ1n) is 22.2. The smallest absolute Gasteiger partial charge is 0.0342 e. The van der Waals surface area contributed by atoms with Gasteiger partial charge in [0.1, 0.15) is 0 Å². The Kier molecular flexibility index (Phi) is 17.1. The molecule has 0 fully saturated rings. The van der Waals surface area contributed by atoms with Gasteiger partial charge in [-0.15, -0.1) is 34.9 Å². The summed E-state index contributed by atoms with van der Waals surface area (Å²) >= 11 is 7.57. The van der Waals surface area contributed by atoms with Crippen molar-refractivity contribution in [1.29, 1.82) is 0 Å². The Morgan fingerprint density at radius 2 is 1.60 bits per heavy atom. The van der Waals surface area contributed by atoms with Gasteiger partial charge >= 0.3 is 0 Å². The first kappa shape index (κ1) is 46.3. The molecule has 2 aliphatic rings. The van der Waals surface area contributed by atoms with E-state index in [9.17, 15) is 0 Å². The van der Waals surface area contributed by atoms with E-state index in [1.807, 2.05) is 23.5 Å². The lowest BCUT2D eigenvalue weighted by Crippen LogP contribution is -2.10. The van der Waals surface area contributed by atoms with Gasteiger partial charge in [0, 0.05) is 37.4 Å². The van der Waals surface area contributed by atoms with Crippen molar-refractivity contribution in [3.8, 4) is 10.4 Å². The molecule has 2 unspecified atom stereocenters. The normalized spacial score (nSPS) is 16.9. The Morgan fingerprint density at radius 1 is 0.825 bits per heavy atom. The van der Waals surface area contributed by atoms with Crippen molar-refractivity contribution in [1.82, 2.24) is 0 Å². The van der Waals surface area contributed by atoms with E-state index in [2.05, 4.69) is 222 Å². The molecule has 5 aromatic rings. The first-order chi connectivity index (χ1) is 30.9. The zero-order valence-corrected chi connectivity index (χ0v) is 40.9. The molecule has 0 N–H and O–H groups in total. The van der Waals surface area contributed by atoms with Crippen LogP contribution in [-0.4, -0.2) is 23.0 Å². The van der Waals surface area contributed by atoms with Gasteiger partial charge in [-0.25, -0.2) is 0 Å². The molecule has 1 aliphatic heterocycles. The summed E-state index contributed by atoms with van der Waals surface area (Å²) in [6, 6.07) is 41.6. The third kappa shape index (κ3) is 12.1. The predicted molar refractivity (Wildman–Crippen MR) is 289 cm³/mol. The van der Waals surface area contributed by atoms with Crippen LogP contribution >= 0.6 is 46.6 Å². The zero-order valence-electron chi connectivity index (χ0n) is 37.6. The second-order valence-corrected chi connectivity index (χ2v) is 20.4. The molecule has 0 amide bonds. The first-order valence-corrected chi connectivity index (χ1v) is 26.3. The number of hydrogen-bond donors (Lipinski definition) is 0. The highest BCUT2D eigenvalue weighted by Crippen LogP contribution is 2.45. The minimum atomic E-state index is 0.134. The standard InChI is InChI=1S/C59H60S4/c1-7-42(3)56(60-6)23-16-17-37-61-41-46(8-2)48-28-26-45(27-29-48)39-54(49-19-14-11-15-20-49)55-40-52(58-36-25-43(4)63-58)34-35-53(55)59(51-21-12-9-10-13-22-51)44(5)47-30-32-50(33-31-47)57-24-18-38-62-57/h7-12,14-24,26-36,38,40,43,54H,13,25,37,39,41H2,1-6H3/b17-16+,42-7+,46-8+,56-23-,59-44+. The minimum absolute atomic E-state index is 0.134. The largest absolute Gasteiger partial charge is 0.153 e. The summed E-state index contributed by atoms with van der Waals surface area (Å²) in [5.41, 5.74) is 17.1. The molecule has 0 saturated carbocycles. The molecule has 2 heterocycles. The SMILES string of the molecule is C/C=C(\CSC/C=C/C=C(SC)/C(C)=C/C)c1ccc(CC(c2ccccc2)c2cc(C3=CCC(C)S3)ccc2/C(C2=CCC=CC=C2)=C(\C)c2ccc(-c3cccs3)cc2)cc1. The van der Waals surface area contributed by atoms with E-state index in [-0.39, 0.29) is 5.92 Å². The van der Waals surface area contributed by atoms with Crippen LogP contribution < -0.4 is 0 Å². The molecule has 320 valence electrons. The van der Waals surface area contributed by atoms with Crippen molar-refractivity contribution in [3.63, 3.8) is 0 Å². The molecular formula is C59H60S4. The second kappa shape index (κ2) is 23.3. The van der Waals surface area contributed by atoms with Crippen molar-refractivity contribution >= 4 is 68.2 Å². The predicted octanol–water partition coefficient (Wildman–Crippen LogP) is 17.9. The third-order valence-electron chi connectivity index (χ3n) is 11.9. The van der Waals surface area contributed by atoms with E-state index >= 15 is 0 Å². The molecule has 4 aromatic carbocycles. The molecule has 0 radical (unpaired) electrons. The molecule has 1 aliphatic carbocycles. The highest BCUT2D eigenvalue weighted by Gasteiger charge is 2.25. The Bertz CT molecular complexity index is 2590. The van der Waals surface area contributed by atoms with E-state index in [1.54, 1.807) is 23.1 Å². The Hall–Kier alpha value is -4.71. The van der Waals surface area contributed by atoms with E-state index in [1.165, 1.54) is 87.1 Å². The average Bonchev–Trinajstić information content (AvgIpc) is 3.96. The molecule has 63 heavy (non-hydrogen) atoms. The molecule has 0 nitrogen and oxygen atoms in total. The summed E-state index contributed by atoms with van der Waals surface area (Å²) in [4.78, 5) is 4.01. The molecule has 2 atom stereocenters. The minimum Gasteiger partial charge on any atom is -0.153 e. The lowest BCUT2D eigenvalue weighted by atomic mass is 9.78. The van der Waals surface area contributed by atoms with Gasteiger partial charge in [-0.2, -0.15) is 11.8 Å². The topological polar surface area (TPSA) is 0 Å². The summed E-state index contributed by atoms with van der Waals surface area (Å²) in [5, 5.41) is 2.75. The van der Waals surface area contributed by atoms with Crippen LogP contribution in [-0.2, 0) is 6.42 Å². The number of rotatable bonds is 17. The fraction of sp³-hybridized carbons (Fsp3) is 0.220. The van der Waals surface area contributed by atoms with Crippen LogP contribution in [0, 0.1) is 0 Å². The third-order valence-corrected chi connectivity index (χ3v) is 16.0. The van der Waals surface area contributed by atoms with Crippen molar-refractivity contribution < 1.29 is 0 Å². The van der Waals surface area contributed by atoms with Gasteiger partial charge in [-0.3, -0.25) is 0 Å². The highest BCUT2D eigenvalue weighted by molar-refractivity contribution is 8.09. The lowest BCUT2D eigenvalue weighted by molar-refractivity contribution is 0.802. The molecule has 7 rings (SSSR count). The van der Waals surface area contributed by atoms with Crippen LogP contribution in [0.2, 0.25) is 0 Å². The maximum absolute atomic E-state index is 2.54. The van der Waals surface area contributed by atoms with Gasteiger partial charge in [-0.1, -0.05) is 165 Å². The number of thioether (sulfide) groups is 3. The van der Waals surface area contributed by atoms with E-state index in [0.29, 0.717) is 5.25 Å². The van der Waals surface area contributed by atoms with E-state index in [4.69, 9.17) is 0 Å². The Balaban J connectivity index is 1.26. The average molecular weight is 897 g/mol. The lowest BCUT2D eigenvalue weighted by Gasteiger charge is -2.26. The van der Waals surface area contributed by atoms with Crippen LogP contribution in [0.5, 0.6) is 0 Å². The van der Waals surface area contributed by atoms with Crippen LogP contribution in [0.3, 0.4) is 0 Å². The summed E-state index contributed by atoms with van der Waals surface area (Å²) in [6.07, 6.45) is 30.0. The fourth-order valence-corrected chi connectivity index (χ4v) is 11.7. The van der Waals surface area contributed by atoms with Crippen molar-refractivity contribution in [2.75, 3.05) is 17.8 Å². The summed E-state index contributed by atoms with van der Waals surface area (Å²) in [5.74, 6) is 2.10. The van der Waals surface area contributed by atoms with Crippen LogP contribution in [0.25, 0.3) is 32.1 Å². The molecule has 1 aromatic heterocycles. The molecule has 0 saturated heterocycles. The number of thiophene rings is 1. The van der Waals surface area contributed by atoms with Gasteiger partial charge in [0.05, 0.1) is 0 Å². The zero-order chi connectivity index (χ0) is 44.0. The van der Waals surface area contributed by atoms with Gasteiger partial charge in [-0.05, 0) is 149 Å². The van der Waals surface area contributed by atoms with Gasteiger partial charge in [0.25, 0.3) is 0 Å². The summed E-state index contributed by atoms with van der Waals surface area (Å²) < 4.78 is 0. The monoisotopic (exact) mass is 896 g/mol. The van der Waals surface area contributed by atoms with Gasteiger partial charge in [0.2, 0.25) is 0 Å². The second-order valence-electron chi connectivity index (χ2n) is 16.1. The fourth-order valence-electron chi connectivity index (χ4n) is 8.28. The number of hydrogen-bond acceptors (Lipinski definition) is 4. The highest BCUT2D eigenvalue weighted by atomic mass is 32.2. The van der Waals surface area contributed by atoms with E-state index < -0.39 is 0 Å². The summed E-state index contributed by atoms with van der Waals surface area (Å²) in [6.45, 7) is 11.1.